The summed E-state index contributed by atoms with van der Waals surface area (Å²) in [6, 6.07) is 0. The SMILES string of the molecule is COCN1Cc2[nH]ncc2O1. The highest BCUT2D eigenvalue weighted by atomic mass is 16.7. The molecule has 0 spiro atoms. The number of aromatic nitrogens is 2. The number of methoxy groups -OCH3 is 1. The van der Waals surface area contributed by atoms with Crippen molar-refractivity contribution in [2.24, 2.45) is 0 Å². The number of hydroxylamine groups is 2. The lowest BCUT2D eigenvalue weighted by molar-refractivity contribution is -0.115. The van der Waals surface area contributed by atoms with Gasteiger partial charge in [-0.15, -0.1) is 5.06 Å². The van der Waals surface area contributed by atoms with Crippen molar-refractivity contribution >= 4 is 0 Å². The first-order valence-corrected chi connectivity index (χ1v) is 3.34. The van der Waals surface area contributed by atoms with Crippen LogP contribution in [-0.2, 0) is 11.3 Å². The predicted molar refractivity (Wildman–Crippen MR) is 36.6 cm³/mol. The number of nitrogens with one attached hydrogen (secondary N) is 1. The number of hydrogen-bond donors (Lipinski definition) is 1. The van der Waals surface area contributed by atoms with E-state index < -0.39 is 0 Å². The molecule has 60 valence electrons. The minimum absolute atomic E-state index is 0.475. The van der Waals surface area contributed by atoms with Gasteiger partial charge in [0, 0.05) is 7.11 Å². The van der Waals surface area contributed by atoms with Gasteiger partial charge in [0.1, 0.15) is 6.73 Å². The Hall–Kier alpha value is -1.07. The molecule has 11 heavy (non-hydrogen) atoms. The molecule has 0 aromatic carbocycles. The Morgan fingerprint density at radius 2 is 2.82 bits per heavy atom. The van der Waals surface area contributed by atoms with Gasteiger partial charge in [0.25, 0.3) is 0 Å². The number of nitrogens with zero attached hydrogens (tertiary/aromatic N) is 2. The molecule has 0 atom stereocenters. The van der Waals surface area contributed by atoms with Crippen molar-refractivity contribution in [2.45, 2.75) is 6.54 Å². The summed E-state index contributed by atoms with van der Waals surface area (Å²) in [5.74, 6) is 0.794. The summed E-state index contributed by atoms with van der Waals surface area (Å²) >= 11 is 0. The minimum atomic E-state index is 0.475. The molecule has 0 saturated carbocycles. The highest BCUT2D eigenvalue weighted by molar-refractivity contribution is 5.25. The van der Waals surface area contributed by atoms with Crippen molar-refractivity contribution in [1.29, 1.82) is 0 Å². The maximum absolute atomic E-state index is 5.30. The van der Waals surface area contributed by atoms with Gasteiger partial charge < -0.3 is 9.57 Å². The van der Waals surface area contributed by atoms with Gasteiger partial charge in [0.15, 0.2) is 5.75 Å². The third-order valence-corrected chi connectivity index (χ3v) is 1.51. The molecule has 0 bridgehead atoms. The van der Waals surface area contributed by atoms with Crippen LogP contribution >= 0.6 is 0 Å². The second-order valence-corrected chi connectivity index (χ2v) is 2.36. The van der Waals surface area contributed by atoms with Crippen LogP contribution in [0, 0.1) is 0 Å². The van der Waals surface area contributed by atoms with Crippen LogP contribution < -0.4 is 4.84 Å². The molecule has 0 unspecified atom stereocenters. The molecular weight excluding hydrogens is 146 g/mol. The fourth-order valence-electron chi connectivity index (χ4n) is 1.06. The van der Waals surface area contributed by atoms with Crippen molar-refractivity contribution in [3.63, 3.8) is 0 Å². The van der Waals surface area contributed by atoms with E-state index in [9.17, 15) is 0 Å². The van der Waals surface area contributed by atoms with Crippen LogP contribution in [0.3, 0.4) is 0 Å². The second-order valence-electron chi connectivity index (χ2n) is 2.36. The molecule has 0 radical (unpaired) electrons. The lowest BCUT2D eigenvalue weighted by Gasteiger charge is -2.11. The molecule has 0 amide bonds. The van der Waals surface area contributed by atoms with Gasteiger partial charge in [0.2, 0.25) is 0 Å². The highest BCUT2D eigenvalue weighted by Crippen LogP contribution is 2.24. The van der Waals surface area contributed by atoms with E-state index >= 15 is 0 Å². The smallest absolute Gasteiger partial charge is 0.189 e. The first-order valence-electron chi connectivity index (χ1n) is 3.34. The Bertz CT molecular complexity index is 227. The van der Waals surface area contributed by atoms with Gasteiger partial charge in [-0.2, -0.15) is 5.10 Å². The molecule has 2 rings (SSSR count). The Morgan fingerprint density at radius 1 is 1.91 bits per heavy atom. The first kappa shape index (κ1) is 6.63. The highest BCUT2D eigenvalue weighted by Gasteiger charge is 2.21. The maximum Gasteiger partial charge on any atom is 0.189 e. The molecule has 5 heteroatoms. The fourth-order valence-corrected chi connectivity index (χ4v) is 1.06. The molecule has 1 aliphatic heterocycles. The van der Waals surface area contributed by atoms with Crippen molar-refractivity contribution in [3.05, 3.63) is 11.9 Å². The van der Waals surface area contributed by atoms with Crippen LogP contribution in [0.2, 0.25) is 0 Å². The summed E-state index contributed by atoms with van der Waals surface area (Å²) in [5, 5.41) is 8.37. The number of H-pyrrole nitrogens is 1. The van der Waals surface area contributed by atoms with Gasteiger partial charge in [-0.1, -0.05) is 0 Å². The van der Waals surface area contributed by atoms with E-state index in [4.69, 9.17) is 9.57 Å². The van der Waals surface area contributed by atoms with E-state index in [0.29, 0.717) is 13.3 Å². The number of ether oxygens (including phenoxy) is 1. The molecule has 1 aliphatic rings. The molecule has 0 saturated heterocycles. The van der Waals surface area contributed by atoms with E-state index in [2.05, 4.69) is 10.2 Å². The lowest BCUT2D eigenvalue weighted by atomic mass is 10.4. The third-order valence-electron chi connectivity index (χ3n) is 1.51. The van der Waals surface area contributed by atoms with Gasteiger partial charge in [-0.05, 0) is 0 Å². The zero-order valence-electron chi connectivity index (χ0n) is 6.20. The molecule has 0 aliphatic carbocycles. The Morgan fingerprint density at radius 3 is 3.55 bits per heavy atom. The Labute approximate surface area is 63.9 Å². The van der Waals surface area contributed by atoms with E-state index in [-0.39, 0.29) is 0 Å². The summed E-state index contributed by atoms with van der Waals surface area (Å²) in [5.41, 5.74) is 1.00. The van der Waals surface area contributed by atoms with Crippen molar-refractivity contribution in [3.8, 4) is 5.75 Å². The summed E-state index contributed by atoms with van der Waals surface area (Å²) in [6.45, 7) is 1.19. The second kappa shape index (κ2) is 2.52. The Balaban J connectivity index is 2.04. The number of fused-ring (bicyclic) bond motifs is 1. The monoisotopic (exact) mass is 155 g/mol. The summed E-state index contributed by atoms with van der Waals surface area (Å²) < 4.78 is 4.89. The summed E-state index contributed by atoms with van der Waals surface area (Å²) in [4.78, 5) is 5.30. The average molecular weight is 155 g/mol. The van der Waals surface area contributed by atoms with Gasteiger partial charge >= 0.3 is 0 Å². The minimum Gasteiger partial charge on any atom is -0.400 e. The molecular formula is C6H9N3O2. The van der Waals surface area contributed by atoms with E-state index in [1.54, 1.807) is 18.4 Å². The lowest BCUT2D eigenvalue weighted by Crippen LogP contribution is -2.23. The largest absolute Gasteiger partial charge is 0.400 e. The van der Waals surface area contributed by atoms with Crippen LogP contribution in [0.1, 0.15) is 5.69 Å². The van der Waals surface area contributed by atoms with Crippen molar-refractivity contribution in [1.82, 2.24) is 15.3 Å². The quantitative estimate of drug-likeness (QED) is 0.659. The fraction of sp³-hybridized carbons (Fsp3) is 0.500. The van der Waals surface area contributed by atoms with E-state index in [0.717, 1.165) is 11.4 Å². The zero-order valence-corrected chi connectivity index (χ0v) is 6.20. The zero-order chi connectivity index (χ0) is 7.68. The predicted octanol–water partition coefficient (Wildman–Crippen LogP) is 0.123. The molecule has 1 aromatic rings. The molecule has 5 nitrogen and oxygen atoms in total. The van der Waals surface area contributed by atoms with Crippen LogP contribution in [0.15, 0.2) is 6.20 Å². The topological polar surface area (TPSA) is 50.4 Å². The standard InChI is InChI=1S/C6H9N3O2/c1-10-4-9-3-5-6(11-9)2-7-8-5/h2H,3-4H2,1H3,(H,7,8). The Kier molecular flexibility index (Phi) is 1.52. The summed E-state index contributed by atoms with van der Waals surface area (Å²) in [6.07, 6.45) is 1.66. The van der Waals surface area contributed by atoms with E-state index in [1.165, 1.54) is 0 Å². The molecule has 1 N–H and O–H groups in total. The molecule has 0 fully saturated rings. The van der Waals surface area contributed by atoms with Gasteiger partial charge in [0.05, 0.1) is 18.4 Å². The summed E-state index contributed by atoms with van der Waals surface area (Å²) in [7, 11) is 1.63. The van der Waals surface area contributed by atoms with Gasteiger partial charge in [-0.25, -0.2) is 0 Å². The third kappa shape index (κ3) is 1.08. The maximum atomic E-state index is 5.30. The number of aromatic amines is 1. The van der Waals surface area contributed by atoms with E-state index in [1.807, 2.05) is 0 Å². The number of rotatable bonds is 2. The molecule has 2 heterocycles. The van der Waals surface area contributed by atoms with Gasteiger partial charge in [-0.3, -0.25) is 5.10 Å². The van der Waals surface area contributed by atoms with Crippen molar-refractivity contribution < 1.29 is 9.57 Å². The normalized spacial score (nSPS) is 16.5. The van der Waals surface area contributed by atoms with Crippen molar-refractivity contribution in [2.75, 3.05) is 13.8 Å². The average Bonchev–Trinajstić information content (AvgIpc) is 2.46. The van der Waals surface area contributed by atoms with Crippen LogP contribution in [0.4, 0.5) is 0 Å². The molecule has 1 aromatic heterocycles. The van der Waals surface area contributed by atoms with Crippen LogP contribution in [-0.4, -0.2) is 29.1 Å². The number of hydrogen-bond acceptors (Lipinski definition) is 4. The first-order chi connectivity index (χ1) is 5.40. The van der Waals surface area contributed by atoms with Crippen LogP contribution in [0.5, 0.6) is 5.75 Å². The van der Waals surface area contributed by atoms with Crippen LogP contribution in [0.25, 0.3) is 0 Å².